The van der Waals surface area contributed by atoms with Crippen molar-refractivity contribution in [3.8, 4) is 6.07 Å². The van der Waals surface area contributed by atoms with Gasteiger partial charge < -0.3 is 0 Å². The van der Waals surface area contributed by atoms with E-state index >= 15 is 0 Å². The molecule has 2 nitrogen and oxygen atoms in total. The maximum absolute atomic E-state index is 11.8. The maximum atomic E-state index is 11.8. The third-order valence-corrected chi connectivity index (χ3v) is 2.41. The molecule has 2 atom stereocenters. The molecule has 0 aromatic heterocycles. The average Bonchev–Trinajstić information content (AvgIpc) is 2.13. The van der Waals surface area contributed by atoms with Gasteiger partial charge in [0.15, 0.2) is 5.78 Å². The Kier molecular flexibility index (Phi) is 6.19. The van der Waals surface area contributed by atoms with Crippen LogP contribution in [0, 0.1) is 29.1 Å². The van der Waals surface area contributed by atoms with E-state index in [0.29, 0.717) is 12.3 Å². The van der Waals surface area contributed by atoms with Crippen LogP contribution in [-0.4, -0.2) is 5.78 Å². The maximum Gasteiger partial charge on any atom is 0.152 e. The molecule has 0 saturated carbocycles. The molecule has 0 fully saturated rings. The molecule has 0 rings (SSSR count). The van der Waals surface area contributed by atoms with Crippen molar-refractivity contribution in [1.82, 2.24) is 0 Å². The Bertz CT molecular complexity index is 215. The Balaban J connectivity index is 4.25. The first-order valence-corrected chi connectivity index (χ1v) is 5.46. The Morgan fingerprint density at radius 2 is 1.93 bits per heavy atom. The SMILES string of the molecule is CCCC(C)C(=O)C(C#N)CC(C)C. The lowest BCUT2D eigenvalue weighted by Crippen LogP contribution is -2.21. The molecule has 0 saturated heterocycles. The summed E-state index contributed by atoms with van der Waals surface area (Å²) in [5.41, 5.74) is 0. The molecular formula is C12H21NO. The summed E-state index contributed by atoms with van der Waals surface area (Å²) in [6.45, 7) is 8.08. The zero-order chi connectivity index (χ0) is 11.1. The van der Waals surface area contributed by atoms with Crippen LogP contribution < -0.4 is 0 Å². The smallest absolute Gasteiger partial charge is 0.152 e. The van der Waals surface area contributed by atoms with E-state index in [4.69, 9.17) is 5.26 Å². The predicted molar refractivity (Wildman–Crippen MR) is 57.6 cm³/mol. The highest BCUT2D eigenvalue weighted by molar-refractivity contribution is 5.85. The summed E-state index contributed by atoms with van der Waals surface area (Å²) < 4.78 is 0. The van der Waals surface area contributed by atoms with Crippen LogP contribution in [0.4, 0.5) is 0 Å². The molecule has 0 N–H and O–H groups in total. The van der Waals surface area contributed by atoms with Gasteiger partial charge in [0.25, 0.3) is 0 Å². The van der Waals surface area contributed by atoms with Gasteiger partial charge >= 0.3 is 0 Å². The summed E-state index contributed by atoms with van der Waals surface area (Å²) in [5, 5.41) is 8.89. The summed E-state index contributed by atoms with van der Waals surface area (Å²) in [6, 6.07) is 2.12. The van der Waals surface area contributed by atoms with E-state index in [1.54, 1.807) is 0 Å². The fourth-order valence-corrected chi connectivity index (χ4v) is 1.62. The fourth-order valence-electron chi connectivity index (χ4n) is 1.62. The van der Waals surface area contributed by atoms with E-state index in [2.05, 4.69) is 13.0 Å². The molecule has 0 spiro atoms. The third kappa shape index (κ3) is 4.41. The average molecular weight is 195 g/mol. The van der Waals surface area contributed by atoms with Crippen LogP contribution in [0.25, 0.3) is 0 Å². The first-order valence-electron chi connectivity index (χ1n) is 5.46. The van der Waals surface area contributed by atoms with Crippen molar-refractivity contribution in [3.63, 3.8) is 0 Å². The van der Waals surface area contributed by atoms with Crippen molar-refractivity contribution >= 4 is 5.78 Å². The molecule has 80 valence electrons. The number of ketones is 1. The monoisotopic (exact) mass is 195 g/mol. The van der Waals surface area contributed by atoms with E-state index in [1.165, 1.54) is 0 Å². The van der Waals surface area contributed by atoms with E-state index in [0.717, 1.165) is 12.8 Å². The number of Topliss-reactive ketones (excluding diaryl/α,β-unsaturated/α-hetero) is 1. The van der Waals surface area contributed by atoms with Crippen molar-refractivity contribution in [2.75, 3.05) is 0 Å². The molecule has 2 heteroatoms. The molecule has 0 aliphatic rings. The van der Waals surface area contributed by atoms with Gasteiger partial charge in [-0.25, -0.2) is 0 Å². The van der Waals surface area contributed by atoms with Crippen molar-refractivity contribution in [3.05, 3.63) is 0 Å². The highest BCUT2D eigenvalue weighted by Gasteiger charge is 2.23. The molecular weight excluding hydrogens is 174 g/mol. The molecule has 0 bridgehead atoms. The van der Waals surface area contributed by atoms with Crippen LogP contribution in [0.15, 0.2) is 0 Å². The van der Waals surface area contributed by atoms with Crippen molar-refractivity contribution < 1.29 is 4.79 Å². The van der Waals surface area contributed by atoms with Crippen LogP contribution >= 0.6 is 0 Å². The molecule has 2 unspecified atom stereocenters. The van der Waals surface area contributed by atoms with Crippen LogP contribution in [0.2, 0.25) is 0 Å². The number of rotatable bonds is 6. The van der Waals surface area contributed by atoms with E-state index < -0.39 is 5.92 Å². The lowest BCUT2D eigenvalue weighted by atomic mass is 9.87. The van der Waals surface area contributed by atoms with E-state index in [1.807, 2.05) is 20.8 Å². The molecule has 0 aliphatic heterocycles. The molecule has 0 heterocycles. The standard InChI is InChI=1S/C12H21NO/c1-5-6-10(4)12(14)11(8-13)7-9(2)3/h9-11H,5-7H2,1-4H3. The third-order valence-electron chi connectivity index (χ3n) is 2.41. The molecule has 0 radical (unpaired) electrons. The van der Waals surface area contributed by atoms with Crippen molar-refractivity contribution in [2.45, 2.75) is 47.0 Å². The van der Waals surface area contributed by atoms with Gasteiger partial charge in [-0.05, 0) is 18.8 Å². The van der Waals surface area contributed by atoms with Gasteiger partial charge in [0, 0.05) is 5.92 Å². The number of carbonyl (C=O) groups excluding carboxylic acids is 1. The summed E-state index contributed by atoms with van der Waals surface area (Å²) in [6.07, 6.45) is 2.60. The first kappa shape index (κ1) is 13.2. The number of nitriles is 1. The summed E-state index contributed by atoms with van der Waals surface area (Å²) in [5.74, 6) is 0.195. The van der Waals surface area contributed by atoms with E-state index in [-0.39, 0.29) is 11.7 Å². The quantitative estimate of drug-likeness (QED) is 0.653. The second-order valence-corrected chi connectivity index (χ2v) is 4.40. The molecule has 0 aromatic carbocycles. The van der Waals surface area contributed by atoms with Gasteiger partial charge in [0.1, 0.15) is 5.92 Å². The Morgan fingerprint density at radius 3 is 2.29 bits per heavy atom. The van der Waals surface area contributed by atoms with Crippen LogP contribution in [-0.2, 0) is 4.79 Å². The lowest BCUT2D eigenvalue weighted by Gasteiger charge is -2.15. The lowest BCUT2D eigenvalue weighted by molar-refractivity contribution is -0.125. The van der Waals surface area contributed by atoms with Gasteiger partial charge in [-0.15, -0.1) is 0 Å². The second kappa shape index (κ2) is 6.59. The highest BCUT2D eigenvalue weighted by atomic mass is 16.1. The zero-order valence-electron chi connectivity index (χ0n) is 9.71. The van der Waals surface area contributed by atoms with Gasteiger partial charge in [0.05, 0.1) is 6.07 Å². The fraction of sp³-hybridized carbons (Fsp3) is 0.833. The van der Waals surface area contributed by atoms with Crippen molar-refractivity contribution in [2.24, 2.45) is 17.8 Å². The molecule has 14 heavy (non-hydrogen) atoms. The summed E-state index contributed by atoms with van der Waals surface area (Å²) in [4.78, 5) is 11.8. The van der Waals surface area contributed by atoms with Gasteiger partial charge in [-0.1, -0.05) is 34.1 Å². The van der Waals surface area contributed by atoms with Gasteiger partial charge in [-0.2, -0.15) is 5.26 Å². The largest absolute Gasteiger partial charge is 0.298 e. The van der Waals surface area contributed by atoms with Crippen LogP contribution in [0.1, 0.15) is 47.0 Å². The highest BCUT2D eigenvalue weighted by Crippen LogP contribution is 2.18. The second-order valence-electron chi connectivity index (χ2n) is 4.40. The van der Waals surface area contributed by atoms with Gasteiger partial charge in [0.2, 0.25) is 0 Å². The van der Waals surface area contributed by atoms with Crippen molar-refractivity contribution in [1.29, 1.82) is 5.26 Å². The zero-order valence-corrected chi connectivity index (χ0v) is 9.71. The predicted octanol–water partition coefficient (Wildman–Crippen LogP) is 3.18. The Hall–Kier alpha value is -0.840. The number of hydrogen-bond acceptors (Lipinski definition) is 2. The molecule has 0 amide bonds. The Labute approximate surface area is 87.3 Å². The molecule has 0 aliphatic carbocycles. The topological polar surface area (TPSA) is 40.9 Å². The minimum absolute atomic E-state index is 0.0448. The number of hydrogen-bond donors (Lipinski definition) is 0. The summed E-state index contributed by atoms with van der Waals surface area (Å²) >= 11 is 0. The minimum Gasteiger partial charge on any atom is -0.298 e. The normalized spacial score (nSPS) is 14.9. The summed E-state index contributed by atoms with van der Waals surface area (Å²) in [7, 11) is 0. The Morgan fingerprint density at radius 1 is 1.36 bits per heavy atom. The van der Waals surface area contributed by atoms with Crippen LogP contribution in [0.5, 0.6) is 0 Å². The minimum atomic E-state index is -0.392. The van der Waals surface area contributed by atoms with E-state index in [9.17, 15) is 4.79 Å². The van der Waals surface area contributed by atoms with Gasteiger partial charge in [-0.3, -0.25) is 4.79 Å². The number of carbonyl (C=O) groups is 1. The van der Waals surface area contributed by atoms with Crippen LogP contribution in [0.3, 0.4) is 0 Å². The molecule has 0 aromatic rings. The first-order chi connectivity index (χ1) is 6.52. The number of nitrogens with zero attached hydrogens (tertiary/aromatic N) is 1.